The highest BCUT2D eigenvalue weighted by Crippen LogP contribution is 2.69. The van der Waals surface area contributed by atoms with E-state index >= 15 is 8.78 Å². The lowest BCUT2D eigenvalue weighted by atomic mass is 9.99. The summed E-state index contributed by atoms with van der Waals surface area (Å²) >= 11 is 0. The van der Waals surface area contributed by atoms with Gasteiger partial charge in [0.15, 0.2) is 5.92 Å². The van der Waals surface area contributed by atoms with E-state index in [1.54, 1.807) is 0 Å². The number of halogens is 2. The molecule has 0 aromatic heterocycles. The molecular formula is C19H27F2O7P. The fraction of sp³-hybridized carbons (Fsp3) is 0.579. The Morgan fingerprint density at radius 2 is 1.31 bits per heavy atom. The molecule has 1 aromatic rings. The van der Waals surface area contributed by atoms with Crippen LogP contribution in [0.4, 0.5) is 8.78 Å². The molecule has 0 saturated carbocycles. The van der Waals surface area contributed by atoms with E-state index in [4.69, 9.17) is 19.3 Å². The van der Waals surface area contributed by atoms with Crippen LogP contribution >= 0.6 is 7.60 Å². The molecule has 0 aliphatic heterocycles. The molecule has 7 nitrogen and oxygen atoms in total. The van der Waals surface area contributed by atoms with E-state index in [1.807, 2.05) is 0 Å². The van der Waals surface area contributed by atoms with E-state index in [2.05, 4.69) is 0 Å². The van der Waals surface area contributed by atoms with Gasteiger partial charge in [0.2, 0.25) is 0 Å². The van der Waals surface area contributed by atoms with Gasteiger partial charge in [-0.3, -0.25) is 23.2 Å². The van der Waals surface area contributed by atoms with Crippen molar-refractivity contribution < 1.29 is 42.2 Å². The first kappa shape index (κ1) is 25.2. The number of benzene rings is 1. The minimum absolute atomic E-state index is 0.225. The van der Waals surface area contributed by atoms with Crippen LogP contribution in [0.3, 0.4) is 0 Å². The molecule has 0 bridgehead atoms. The van der Waals surface area contributed by atoms with Crippen molar-refractivity contribution in [1.29, 1.82) is 0 Å². The predicted octanol–water partition coefficient (Wildman–Crippen LogP) is 4.89. The van der Waals surface area contributed by atoms with Crippen molar-refractivity contribution in [3.63, 3.8) is 0 Å². The van der Waals surface area contributed by atoms with Crippen molar-refractivity contribution in [1.82, 2.24) is 0 Å². The van der Waals surface area contributed by atoms with Crippen molar-refractivity contribution in [2.45, 2.75) is 64.8 Å². The Hall–Kier alpha value is -1.83. The molecule has 0 atom stereocenters. The fourth-order valence-corrected chi connectivity index (χ4v) is 4.54. The minimum atomic E-state index is -4.98. The SMILES string of the molecule is CC(C)(C)OP(=O)(OC(C)(C)C)C(F)(F)c1ccc(CC(C(=O)O)C(=O)O)cc1. The standard InChI is InChI=1S/C19H27F2O7P/c1-17(2,3)27-29(26,28-18(4,5)6)19(20,21)13-9-7-12(8-10-13)11-14(15(22)23)16(24)25/h7-10,14H,11H2,1-6H3,(H,22,23)(H,24,25). The van der Waals surface area contributed by atoms with Gasteiger partial charge in [0.25, 0.3) is 0 Å². The Labute approximate surface area is 168 Å². The lowest BCUT2D eigenvalue weighted by Crippen LogP contribution is -2.30. The van der Waals surface area contributed by atoms with Crippen LogP contribution in [0.2, 0.25) is 0 Å². The van der Waals surface area contributed by atoms with Crippen LogP contribution in [-0.4, -0.2) is 33.4 Å². The largest absolute Gasteiger partial charge is 0.481 e. The summed E-state index contributed by atoms with van der Waals surface area (Å²) in [6, 6.07) is 4.25. The summed E-state index contributed by atoms with van der Waals surface area (Å²) in [4.78, 5) is 22.0. The van der Waals surface area contributed by atoms with Crippen LogP contribution in [0, 0.1) is 5.92 Å². The van der Waals surface area contributed by atoms with E-state index in [0.717, 1.165) is 12.1 Å². The summed E-state index contributed by atoms with van der Waals surface area (Å²) < 4.78 is 54.0. The monoisotopic (exact) mass is 436 g/mol. The van der Waals surface area contributed by atoms with Gasteiger partial charge in [-0.25, -0.2) is 0 Å². The number of carbonyl (C=O) groups is 2. The Morgan fingerprint density at radius 1 is 0.931 bits per heavy atom. The average Bonchev–Trinajstić information content (AvgIpc) is 2.48. The van der Waals surface area contributed by atoms with Gasteiger partial charge < -0.3 is 10.2 Å². The van der Waals surface area contributed by atoms with Crippen LogP contribution in [0.15, 0.2) is 24.3 Å². The molecule has 29 heavy (non-hydrogen) atoms. The molecule has 164 valence electrons. The van der Waals surface area contributed by atoms with E-state index in [1.165, 1.54) is 53.7 Å². The predicted molar refractivity (Wildman–Crippen MR) is 102 cm³/mol. The van der Waals surface area contributed by atoms with Crippen LogP contribution in [0.5, 0.6) is 0 Å². The highest BCUT2D eigenvalue weighted by Gasteiger charge is 2.58. The van der Waals surface area contributed by atoms with E-state index in [9.17, 15) is 14.2 Å². The maximum Gasteiger partial charge on any atom is 0.405 e. The number of carboxylic acids is 2. The molecule has 2 N–H and O–H groups in total. The Morgan fingerprint density at radius 3 is 1.62 bits per heavy atom. The molecule has 0 saturated heterocycles. The maximum atomic E-state index is 15.2. The second-order valence-corrected chi connectivity index (χ2v) is 10.5. The van der Waals surface area contributed by atoms with Gasteiger partial charge in [-0.15, -0.1) is 0 Å². The Kier molecular flexibility index (Phi) is 7.39. The number of hydrogen-bond acceptors (Lipinski definition) is 5. The summed E-state index contributed by atoms with van der Waals surface area (Å²) in [5, 5.41) is 17.9. The maximum absolute atomic E-state index is 15.2. The summed E-state index contributed by atoms with van der Waals surface area (Å²) in [6.07, 6.45) is -0.384. The highest BCUT2D eigenvalue weighted by molar-refractivity contribution is 7.54. The molecule has 1 aromatic carbocycles. The van der Waals surface area contributed by atoms with Gasteiger partial charge in [0, 0.05) is 5.56 Å². The molecule has 10 heteroatoms. The van der Waals surface area contributed by atoms with Gasteiger partial charge in [-0.1, -0.05) is 24.3 Å². The third kappa shape index (κ3) is 6.87. The van der Waals surface area contributed by atoms with Crippen LogP contribution in [0.25, 0.3) is 0 Å². The Bertz CT molecular complexity index is 758. The molecule has 0 radical (unpaired) electrons. The van der Waals surface area contributed by atoms with Gasteiger partial charge in [-0.05, 0) is 53.5 Å². The molecule has 1 rings (SSSR count). The van der Waals surface area contributed by atoms with Crippen molar-refractivity contribution in [3.05, 3.63) is 35.4 Å². The third-order valence-electron chi connectivity index (χ3n) is 3.47. The molecule has 0 fully saturated rings. The highest BCUT2D eigenvalue weighted by atomic mass is 31.2. The summed E-state index contributed by atoms with van der Waals surface area (Å²) in [5.41, 5.74) is -6.78. The van der Waals surface area contributed by atoms with E-state index in [0.29, 0.717) is 0 Å². The first-order valence-electron chi connectivity index (χ1n) is 8.82. The summed E-state index contributed by atoms with van der Waals surface area (Å²) in [6.45, 7) is 8.85. The molecule has 0 amide bonds. The molecule has 0 heterocycles. The lowest BCUT2D eigenvalue weighted by Gasteiger charge is -2.36. The smallest absolute Gasteiger partial charge is 0.405 e. The second kappa shape index (κ2) is 8.50. The van der Waals surface area contributed by atoms with E-state index in [-0.39, 0.29) is 12.0 Å². The van der Waals surface area contributed by atoms with Crippen molar-refractivity contribution >= 4 is 19.5 Å². The molecule has 0 unspecified atom stereocenters. The van der Waals surface area contributed by atoms with Crippen LogP contribution < -0.4 is 0 Å². The zero-order chi connectivity index (χ0) is 22.8. The number of hydrogen-bond donors (Lipinski definition) is 2. The van der Waals surface area contributed by atoms with E-state index < -0.39 is 47.9 Å². The topological polar surface area (TPSA) is 110 Å². The number of carboxylic acid groups (broad SMARTS) is 2. The zero-order valence-corrected chi connectivity index (χ0v) is 18.1. The third-order valence-corrected chi connectivity index (χ3v) is 5.99. The van der Waals surface area contributed by atoms with Gasteiger partial charge >= 0.3 is 25.2 Å². The minimum Gasteiger partial charge on any atom is -0.481 e. The number of rotatable bonds is 8. The van der Waals surface area contributed by atoms with Crippen LogP contribution in [0.1, 0.15) is 52.7 Å². The first-order chi connectivity index (χ1) is 12.9. The fourth-order valence-electron chi connectivity index (χ4n) is 2.37. The van der Waals surface area contributed by atoms with Crippen molar-refractivity contribution in [2.24, 2.45) is 5.92 Å². The average molecular weight is 436 g/mol. The second-order valence-electron chi connectivity index (χ2n) is 8.58. The summed E-state index contributed by atoms with van der Waals surface area (Å²) in [7, 11) is -4.98. The number of alkyl halides is 2. The quantitative estimate of drug-likeness (QED) is 0.441. The normalized spacial score (nSPS) is 13.6. The van der Waals surface area contributed by atoms with Crippen molar-refractivity contribution in [3.8, 4) is 0 Å². The van der Waals surface area contributed by atoms with Gasteiger partial charge in [0.1, 0.15) is 0 Å². The molecular weight excluding hydrogens is 409 g/mol. The summed E-state index contributed by atoms with van der Waals surface area (Å²) in [5.74, 6) is -4.77. The molecule has 0 aliphatic rings. The zero-order valence-electron chi connectivity index (χ0n) is 17.2. The first-order valence-corrected chi connectivity index (χ1v) is 10.4. The lowest BCUT2D eigenvalue weighted by molar-refractivity contribution is -0.154. The molecule has 0 spiro atoms. The van der Waals surface area contributed by atoms with Crippen LogP contribution in [-0.2, 0) is 35.3 Å². The van der Waals surface area contributed by atoms with Gasteiger partial charge in [0.05, 0.1) is 11.2 Å². The Balaban J connectivity index is 3.29. The van der Waals surface area contributed by atoms with Gasteiger partial charge in [-0.2, -0.15) is 8.78 Å². The van der Waals surface area contributed by atoms with Crippen molar-refractivity contribution in [2.75, 3.05) is 0 Å². The number of aliphatic carboxylic acids is 2. The molecule has 0 aliphatic carbocycles.